The molecule has 1 saturated heterocycles. The molecule has 1 atom stereocenters. The van der Waals surface area contributed by atoms with Crippen LogP contribution in [0.25, 0.3) is 0 Å². The summed E-state index contributed by atoms with van der Waals surface area (Å²) in [6.07, 6.45) is 0. The van der Waals surface area contributed by atoms with Crippen LogP contribution in [0.3, 0.4) is 0 Å². The van der Waals surface area contributed by atoms with Crippen LogP contribution in [0.2, 0.25) is 0 Å². The highest BCUT2D eigenvalue weighted by atomic mass is 32.2. The number of rotatable bonds is 6. The van der Waals surface area contributed by atoms with Crippen molar-refractivity contribution < 1.29 is 14.3 Å². The van der Waals surface area contributed by atoms with Gasteiger partial charge in [0.05, 0.1) is 20.1 Å². The van der Waals surface area contributed by atoms with Crippen molar-refractivity contribution in [1.82, 2.24) is 4.90 Å². The second-order valence-corrected chi connectivity index (χ2v) is 8.31. The molecule has 30 heavy (non-hydrogen) atoms. The molecular weight excluding hydrogens is 394 g/mol. The molecule has 1 amide bonds. The first-order valence-corrected chi connectivity index (χ1v) is 11.0. The van der Waals surface area contributed by atoms with E-state index in [4.69, 9.17) is 9.47 Å². The summed E-state index contributed by atoms with van der Waals surface area (Å²) in [6, 6.07) is 25.8. The predicted molar refractivity (Wildman–Crippen MR) is 121 cm³/mol. The zero-order valence-electron chi connectivity index (χ0n) is 17.2. The number of hydrogen-bond donors (Lipinski definition) is 0. The Morgan fingerprint density at radius 3 is 2.13 bits per heavy atom. The Hall–Kier alpha value is -2.92. The van der Waals surface area contributed by atoms with Crippen LogP contribution in [0.1, 0.15) is 28.0 Å². The van der Waals surface area contributed by atoms with Gasteiger partial charge in [-0.15, -0.1) is 11.8 Å². The molecule has 4 nitrogen and oxygen atoms in total. The van der Waals surface area contributed by atoms with Crippen LogP contribution in [0.15, 0.2) is 78.9 Å². The summed E-state index contributed by atoms with van der Waals surface area (Å²) in [5.41, 5.74) is 3.01. The van der Waals surface area contributed by atoms with Gasteiger partial charge in [-0.2, -0.15) is 0 Å². The van der Waals surface area contributed by atoms with E-state index in [0.717, 1.165) is 33.9 Å². The topological polar surface area (TPSA) is 38.8 Å². The zero-order chi connectivity index (χ0) is 20.9. The number of carbonyl (C=O) groups is 1. The van der Waals surface area contributed by atoms with Crippen LogP contribution in [0.4, 0.5) is 0 Å². The van der Waals surface area contributed by atoms with Crippen LogP contribution in [-0.2, 0) is 4.79 Å². The average Bonchev–Trinajstić information content (AvgIpc) is 3.30. The molecule has 3 aromatic carbocycles. The molecule has 4 rings (SSSR count). The van der Waals surface area contributed by atoms with Gasteiger partial charge >= 0.3 is 0 Å². The molecule has 0 spiro atoms. The summed E-state index contributed by atoms with van der Waals surface area (Å²) in [5.74, 6) is 2.14. The molecule has 1 unspecified atom stereocenters. The van der Waals surface area contributed by atoms with Gasteiger partial charge in [0.1, 0.15) is 16.9 Å². The van der Waals surface area contributed by atoms with Crippen molar-refractivity contribution in [3.8, 4) is 11.5 Å². The van der Waals surface area contributed by atoms with E-state index in [0.29, 0.717) is 6.54 Å². The third-order valence-corrected chi connectivity index (χ3v) is 6.64. The summed E-state index contributed by atoms with van der Waals surface area (Å²) in [4.78, 5) is 15.9. The number of benzene rings is 3. The standard InChI is InChI=1S/C25H25NO3S/c1-28-20-13-14-21(22(17-20)29-2)25-26(15-16-30-25)24(27)23(18-9-5-3-6-10-18)19-11-7-4-8-12-19/h3-14,17,23,25H,15-16H2,1-2H3. The second-order valence-electron chi connectivity index (χ2n) is 7.12. The molecular formula is C25H25NO3S. The Labute approximate surface area is 181 Å². The maximum Gasteiger partial charge on any atom is 0.235 e. The van der Waals surface area contributed by atoms with Crippen LogP contribution >= 0.6 is 11.8 Å². The molecule has 0 bridgehead atoms. The summed E-state index contributed by atoms with van der Waals surface area (Å²) in [5, 5.41) is -0.0896. The number of hydrogen-bond acceptors (Lipinski definition) is 4. The van der Waals surface area contributed by atoms with E-state index in [1.807, 2.05) is 83.8 Å². The third kappa shape index (κ3) is 4.03. The van der Waals surface area contributed by atoms with Crippen molar-refractivity contribution in [3.63, 3.8) is 0 Å². The monoisotopic (exact) mass is 419 g/mol. The predicted octanol–water partition coefficient (Wildman–Crippen LogP) is 5.11. The van der Waals surface area contributed by atoms with Crippen molar-refractivity contribution in [2.45, 2.75) is 11.3 Å². The zero-order valence-corrected chi connectivity index (χ0v) is 18.0. The second kappa shape index (κ2) is 9.26. The molecule has 1 aliphatic rings. The molecule has 0 aromatic heterocycles. The van der Waals surface area contributed by atoms with E-state index in [1.165, 1.54) is 0 Å². The highest BCUT2D eigenvalue weighted by molar-refractivity contribution is 7.99. The summed E-state index contributed by atoms with van der Waals surface area (Å²) >= 11 is 1.77. The van der Waals surface area contributed by atoms with E-state index in [1.54, 1.807) is 26.0 Å². The average molecular weight is 420 g/mol. The first-order valence-electron chi connectivity index (χ1n) is 9.97. The first-order chi connectivity index (χ1) is 14.7. The van der Waals surface area contributed by atoms with Crippen LogP contribution in [0, 0.1) is 0 Å². The Morgan fingerprint density at radius 1 is 0.933 bits per heavy atom. The van der Waals surface area contributed by atoms with E-state index < -0.39 is 0 Å². The maximum absolute atomic E-state index is 13.9. The van der Waals surface area contributed by atoms with Gasteiger partial charge in [-0.25, -0.2) is 0 Å². The molecule has 154 valence electrons. The minimum atomic E-state index is -0.335. The molecule has 0 N–H and O–H groups in total. The van der Waals surface area contributed by atoms with Crippen molar-refractivity contribution in [2.75, 3.05) is 26.5 Å². The fourth-order valence-electron chi connectivity index (χ4n) is 3.91. The molecule has 0 aliphatic carbocycles. The van der Waals surface area contributed by atoms with Crippen molar-refractivity contribution in [1.29, 1.82) is 0 Å². The minimum Gasteiger partial charge on any atom is -0.497 e. The number of nitrogens with zero attached hydrogens (tertiary/aromatic N) is 1. The molecule has 5 heteroatoms. The van der Waals surface area contributed by atoms with E-state index in [-0.39, 0.29) is 17.2 Å². The quantitative estimate of drug-likeness (QED) is 0.557. The van der Waals surface area contributed by atoms with Crippen molar-refractivity contribution >= 4 is 17.7 Å². The van der Waals surface area contributed by atoms with E-state index >= 15 is 0 Å². The summed E-state index contributed by atoms with van der Waals surface area (Å²) < 4.78 is 11.0. The highest BCUT2D eigenvalue weighted by Gasteiger charge is 2.37. The molecule has 0 radical (unpaired) electrons. The minimum absolute atomic E-state index is 0.0896. The van der Waals surface area contributed by atoms with Gasteiger partial charge in [-0.1, -0.05) is 60.7 Å². The largest absolute Gasteiger partial charge is 0.497 e. The molecule has 3 aromatic rings. The highest BCUT2D eigenvalue weighted by Crippen LogP contribution is 2.44. The van der Waals surface area contributed by atoms with Crippen molar-refractivity contribution in [3.05, 3.63) is 95.6 Å². The Bertz CT molecular complexity index is 954. The van der Waals surface area contributed by atoms with Gasteiger partial charge in [0.2, 0.25) is 5.91 Å². The molecule has 1 heterocycles. The van der Waals surface area contributed by atoms with Gasteiger partial charge in [0.15, 0.2) is 0 Å². The normalized spacial score (nSPS) is 16.0. The van der Waals surface area contributed by atoms with Crippen LogP contribution in [0.5, 0.6) is 11.5 Å². The van der Waals surface area contributed by atoms with E-state index in [2.05, 4.69) is 0 Å². The van der Waals surface area contributed by atoms with Crippen molar-refractivity contribution in [2.24, 2.45) is 0 Å². The van der Waals surface area contributed by atoms with Gasteiger partial charge in [0.25, 0.3) is 0 Å². The Morgan fingerprint density at radius 2 is 1.57 bits per heavy atom. The fraction of sp³-hybridized carbons (Fsp3) is 0.240. The van der Waals surface area contributed by atoms with E-state index in [9.17, 15) is 4.79 Å². The smallest absolute Gasteiger partial charge is 0.235 e. The number of thioether (sulfide) groups is 1. The first kappa shape index (κ1) is 20.4. The number of amides is 1. The molecule has 1 aliphatic heterocycles. The number of methoxy groups -OCH3 is 2. The Kier molecular flexibility index (Phi) is 6.29. The van der Waals surface area contributed by atoms with Gasteiger partial charge in [0, 0.05) is 23.9 Å². The summed E-state index contributed by atoms with van der Waals surface area (Å²) in [6.45, 7) is 0.708. The maximum atomic E-state index is 13.9. The lowest BCUT2D eigenvalue weighted by molar-refractivity contribution is -0.132. The lowest BCUT2D eigenvalue weighted by Gasteiger charge is -2.30. The van der Waals surface area contributed by atoms with Gasteiger partial charge in [-0.05, 0) is 23.3 Å². The number of ether oxygens (including phenoxy) is 2. The van der Waals surface area contributed by atoms with Gasteiger partial charge in [-0.3, -0.25) is 4.79 Å². The Balaban J connectivity index is 1.71. The molecule has 1 fully saturated rings. The lowest BCUT2D eigenvalue weighted by Crippen LogP contribution is -2.35. The fourth-order valence-corrected chi connectivity index (χ4v) is 5.20. The van der Waals surface area contributed by atoms with Gasteiger partial charge < -0.3 is 14.4 Å². The third-order valence-electron chi connectivity index (χ3n) is 5.39. The SMILES string of the molecule is COc1ccc(C2SCCN2C(=O)C(c2ccccc2)c2ccccc2)c(OC)c1. The molecule has 0 saturated carbocycles. The summed E-state index contributed by atoms with van der Waals surface area (Å²) in [7, 11) is 3.29. The lowest BCUT2D eigenvalue weighted by atomic mass is 9.90. The van der Waals surface area contributed by atoms with Crippen LogP contribution < -0.4 is 9.47 Å². The van der Waals surface area contributed by atoms with Crippen LogP contribution in [-0.4, -0.2) is 37.3 Å². The number of carbonyl (C=O) groups excluding carboxylic acids is 1.